The van der Waals surface area contributed by atoms with E-state index in [1.807, 2.05) is 61.9 Å². The van der Waals surface area contributed by atoms with Crippen LogP contribution in [0.2, 0.25) is 0 Å². The zero-order valence-corrected chi connectivity index (χ0v) is 12.5. The number of ether oxygens (including phenoxy) is 1. The molecule has 3 rings (SSSR count). The molecule has 1 aromatic heterocycles. The van der Waals surface area contributed by atoms with E-state index in [4.69, 9.17) is 4.74 Å². The number of carbonyl (C=O) groups is 1. The van der Waals surface area contributed by atoms with Crippen LogP contribution in [0, 0.1) is 6.92 Å². The lowest BCUT2D eigenvalue weighted by Gasteiger charge is -2.20. The fourth-order valence-corrected chi connectivity index (χ4v) is 2.61. The lowest BCUT2D eigenvalue weighted by molar-refractivity contribution is 0.0297. The molecule has 0 bridgehead atoms. The van der Waals surface area contributed by atoms with Gasteiger partial charge in [-0.25, -0.2) is 9.48 Å². The van der Waals surface area contributed by atoms with Crippen LogP contribution < -0.4 is 0 Å². The molecule has 0 radical (unpaired) electrons. The normalized spacial score (nSPS) is 17.9. The second-order valence-electron chi connectivity index (χ2n) is 5.37. The number of fused-ring (bicyclic) bond motifs is 1. The number of nitrogens with zero attached hydrogens (tertiary/aromatic N) is 2. The van der Waals surface area contributed by atoms with E-state index in [-0.39, 0.29) is 12.1 Å². The average Bonchev–Trinajstić information content (AvgIpc) is 2.79. The lowest BCUT2D eigenvalue weighted by atomic mass is 10.0. The summed E-state index contributed by atoms with van der Waals surface area (Å²) in [7, 11) is 0. The van der Waals surface area contributed by atoms with Crippen LogP contribution in [0.5, 0.6) is 0 Å². The molecule has 0 fully saturated rings. The van der Waals surface area contributed by atoms with E-state index in [1.54, 1.807) is 0 Å². The first kappa shape index (κ1) is 13.6. The third-order valence-corrected chi connectivity index (χ3v) is 3.60. The maximum Gasteiger partial charge on any atom is 0.342 e. The van der Waals surface area contributed by atoms with Crippen molar-refractivity contribution in [2.24, 2.45) is 0 Å². The monoisotopic (exact) mass is 282 g/mol. The first-order chi connectivity index (χ1) is 10.1. The third-order valence-electron chi connectivity index (χ3n) is 3.60. The van der Waals surface area contributed by atoms with Gasteiger partial charge in [0.2, 0.25) is 0 Å². The molecule has 2 heterocycles. The molecule has 2 aromatic rings. The summed E-state index contributed by atoms with van der Waals surface area (Å²) in [5, 5.41) is 4.60. The van der Waals surface area contributed by atoms with Crippen LogP contribution in [-0.4, -0.2) is 21.9 Å². The quantitative estimate of drug-likeness (QED) is 0.794. The fourth-order valence-electron chi connectivity index (χ4n) is 2.61. The van der Waals surface area contributed by atoms with Crippen molar-refractivity contribution in [3.05, 3.63) is 52.9 Å². The van der Waals surface area contributed by atoms with Crippen LogP contribution in [0.1, 0.15) is 41.2 Å². The van der Waals surface area contributed by atoms with Crippen molar-refractivity contribution in [2.75, 3.05) is 0 Å². The van der Waals surface area contributed by atoms with Gasteiger partial charge < -0.3 is 4.74 Å². The molecule has 0 spiro atoms. The molecule has 21 heavy (non-hydrogen) atoms. The SMILES string of the molecule is C/C=C/c1nn(-c2ccc(C)cc2)c2c1C(=O)OC(C)C2. The number of cyclic esters (lactones) is 1. The van der Waals surface area contributed by atoms with Gasteiger partial charge in [0.25, 0.3) is 0 Å². The molecule has 4 nitrogen and oxygen atoms in total. The van der Waals surface area contributed by atoms with Gasteiger partial charge in [-0.1, -0.05) is 23.8 Å². The molecule has 4 heteroatoms. The van der Waals surface area contributed by atoms with Gasteiger partial charge in [-0.3, -0.25) is 0 Å². The Bertz CT molecular complexity index is 711. The molecule has 1 aliphatic heterocycles. The van der Waals surface area contributed by atoms with Crippen LogP contribution in [0.4, 0.5) is 0 Å². The predicted octanol–water partition coefficient (Wildman–Crippen LogP) is 3.32. The van der Waals surface area contributed by atoms with E-state index >= 15 is 0 Å². The van der Waals surface area contributed by atoms with Crippen LogP contribution in [0.3, 0.4) is 0 Å². The van der Waals surface area contributed by atoms with E-state index in [2.05, 4.69) is 5.10 Å². The number of hydrogen-bond acceptors (Lipinski definition) is 3. The maximum atomic E-state index is 12.2. The standard InChI is InChI=1S/C17H18N2O2/c1-4-5-14-16-15(10-12(3)21-17(16)20)19(18-14)13-8-6-11(2)7-9-13/h4-9,12H,10H2,1-3H3/b5-4+. The Hall–Kier alpha value is -2.36. The number of benzene rings is 1. The first-order valence-electron chi connectivity index (χ1n) is 7.12. The zero-order chi connectivity index (χ0) is 15.0. The van der Waals surface area contributed by atoms with Crippen molar-refractivity contribution in [1.82, 2.24) is 9.78 Å². The number of allylic oxidation sites excluding steroid dienone is 1. The molecule has 1 aromatic carbocycles. The summed E-state index contributed by atoms with van der Waals surface area (Å²) in [4.78, 5) is 12.2. The maximum absolute atomic E-state index is 12.2. The average molecular weight is 282 g/mol. The van der Waals surface area contributed by atoms with Gasteiger partial charge in [0.15, 0.2) is 0 Å². The number of carbonyl (C=O) groups excluding carboxylic acids is 1. The summed E-state index contributed by atoms with van der Waals surface area (Å²) in [6.07, 6.45) is 4.29. The minimum atomic E-state index is -0.282. The van der Waals surface area contributed by atoms with Gasteiger partial charge in [-0.05, 0) is 39.0 Å². The smallest absolute Gasteiger partial charge is 0.342 e. The van der Waals surface area contributed by atoms with Gasteiger partial charge in [0.1, 0.15) is 17.4 Å². The van der Waals surface area contributed by atoms with E-state index in [0.717, 1.165) is 11.4 Å². The summed E-state index contributed by atoms with van der Waals surface area (Å²) in [5.41, 5.74) is 4.35. The highest BCUT2D eigenvalue weighted by atomic mass is 16.5. The number of hydrogen-bond donors (Lipinski definition) is 0. The fraction of sp³-hybridized carbons (Fsp3) is 0.294. The predicted molar refractivity (Wildman–Crippen MR) is 81.6 cm³/mol. The summed E-state index contributed by atoms with van der Waals surface area (Å²) in [6, 6.07) is 8.13. The Labute approximate surface area is 124 Å². The molecular formula is C17H18N2O2. The van der Waals surface area contributed by atoms with Crippen molar-refractivity contribution >= 4 is 12.0 Å². The zero-order valence-electron chi connectivity index (χ0n) is 12.5. The highest BCUT2D eigenvalue weighted by Gasteiger charge is 2.31. The van der Waals surface area contributed by atoms with Crippen LogP contribution in [0.15, 0.2) is 30.3 Å². The van der Waals surface area contributed by atoms with Crippen molar-refractivity contribution in [3.8, 4) is 5.69 Å². The number of aryl methyl sites for hydroxylation is 1. The Kier molecular flexibility index (Phi) is 3.37. The summed E-state index contributed by atoms with van der Waals surface area (Å²) < 4.78 is 7.20. The second-order valence-corrected chi connectivity index (χ2v) is 5.37. The van der Waals surface area contributed by atoms with Crippen molar-refractivity contribution < 1.29 is 9.53 Å². The van der Waals surface area contributed by atoms with E-state index in [9.17, 15) is 4.79 Å². The Balaban J connectivity index is 2.19. The molecule has 1 unspecified atom stereocenters. The second kappa shape index (κ2) is 5.20. The summed E-state index contributed by atoms with van der Waals surface area (Å²) >= 11 is 0. The Morgan fingerprint density at radius 2 is 2.05 bits per heavy atom. The highest BCUT2D eigenvalue weighted by molar-refractivity contribution is 5.95. The van der Waals surface area contributed by atoms with Gasteiger partial charge in [0.05, 0.1) is 11.4 Å². The van der Waals surface area contributed by atoms with Crippen LogP contribution in [0.25, 0.3) is 11.8 Å². The molecule has 0 N–H and O–H groups in total. The molecule has 108 valence electrons. The molecular weight excluding hydrogens is 264 g/mol. The molecule has 1 atom stereocenters. The number of esters is 1. The molecule has 1 aliphatic rings. The minimum Gasteiger partial charge on any atom is -0.459 e. The van der Waals surface area contributed by atoms with Gasteiger partial charge in [-0.2, -0.15) is 5.10 Å². The van der Waals surface area contributed by atoms with E-state index < -0.39 is 0 Å². The van der Waals surface area contributed by atoms with E-state index in [1.165, 1.54) is 5.56 Å². The highest BCUT2D eigenvalue weighted by Crippen LogP contribution is 2.27. The van der Waals surface area contributed by atoms with Gasteiger partial charge >= 0.3 is 5.97 Å². The molecule has 0 aliphatic carbocycles. The third kappa shape index (κ3) is 2.37. The van der Waals surface area contributed by atoms with Crippen molar-refractivity contribution in [3.63, 3.8) is 0 Å². The first-order valence-corrected chi connectivity index (χ1v) is 7.12. The summed E-state index contributed by atoms with van der Waals surface area (Å²) in [6.45, 7) is 5.86. The largest absolute Gasteiger partial charge is 0.459 e. The van der Waals surface area contributed by atoms with Crippen molar-refractivity contribution in [2.45, 2.75) is 33.3 Å². The summed E-state index contributed by atoms with van der Waals surface area (Å²) in [5.74, 6) is -0.282. The van der Waals surface area contributed by atoms with Crippen LogP contribution in [-0.2, 0) is 11.2 Å². The number of aromatic nitrogens is 2. The lowest BCUT2D eigenvalue weighted by Crippen LogP contribution is -2.26. The van der Waals surface area contributed by atoms with Gasteiger partial charge in [0, 0.05) is 6.42 Å². The minimum absolute atomic E-state index is 0.121. The van der Waals surface area contributed by atoms with E-state index in [0.29, 0.717) is 17.7 Å². The Morgan fingerprint density at radius 3 is 2.71 bits per heavy atom. The number of rotatable bonds is 2. The van der Waals surface area contributed by atoms with Gasteiger partial charge in [-0.15, -0.1) is 0 Å². The molecule has 0 amide bonds. The van der Waals surface area contributed by atoms with Crippen molar-refractivity contribution in [1.29, 1.82) is 0 Å². The molecule has 0 saturated heterocycles. The molecule has 0 saturated carbocycles. The Morgan fingerprint density at radius 1 is 1.33 bits per heavy atom. The topological polar surface area (TPSA) is 44.1 Å². The van der Waals surface area contributed by atoms with Crippen LogP contribution >= 0.6 is 0 Å².